The van der Waals surface area contributed by atoms with Crippen LogP contribution >= 0.6 is 0 Å². The molecule has 0 amide bonds. The van der Waals surface area contributed by atoms with Crippen molar-refractivity contribution in [1.29, 1.82) is 0 Å². The van der Waals surface area contributed by atoms with Crippen molar-refractivity contribution in [3.05, 3.63) is 42.6 Å². The van der Waals surface area contributed by atoms with E-state index in [0.29, 0.717) is 6.10 Å². The quantitative estimate of drug-likeness (QED) is 0.776. The van der Waals surface area contributed by atoms with Crippen molar-refractivity contribution < 1.29 is 4.74 Å². The maximum absolute atomic E-state index is 5.87. The summed E-state index contributed by atoms with van der Waals surface area (Å²) in [6, 6.07) is 8.08. The third kappa shape index (κ3) is 1.67. The van der Waals surface area contributed by atoms with Crippen LogP contribution in [-0.4, -0.2) is 11.1 Å². The predicted molar refractivity (Wildman–Crippen MR) is 65.5 cm³/mol. The largest absolute Gasteiger partial charge is 0.488 e. The van der Waals surface area contributed by atoms with E-state index in [1.165, 1.54) is 0 Å². The van der Waals surface area contributed by atoms with Crippen LogP contribution < -0.4 is 4.74 Å². The molecule has 0 spiro atoms. The van der Waals surface area contributed by atoms with Gasteiger partial charge in [0, 0.05) is 11.6 Å². The van der Waals surface area contributed by atoms with E-state index in [1.54, 1.807) is 6.20 Å². The number of benzene rings is 1. The van der Waals surface area contributed by atoms with E-state index in [2.05, 4.69) is 23.7 Å². The Bertz CT molecular complexity index is 543. The molecule has 1 saturated carbocycles. The lowest BCUT2D eigenvalue weighted by atomic mass is 10.1. The van der Waals surface area contributed by atoms with E-state index in [1.807, 2.05) is 18.2 Å². The number of ether oxygens (including phenoxy) is 1. The first-order valence-electron chi connectivity index (χ1n) is 5.55. The first-order chi connectivity index (χ1) is 7.86. The van der Waals surface area contributed by atoms with Gasteiger partial charge in [-0.15, -0.1) is 0 Å². The molecule has 3 rings (SSSR count). The van der Waals surface area contributed by atoms with E-state index in [-0.39, 0.29) is 0 Å². The maximum Gasteiger partial charge on any atom is 0.146 e. The van der Waals surface area contributed by atoms with Gasteiger partial charge in [0.25, 0.3) is 0 Å². The third-order valence-electron chi connectivity index (χ3n) is 2.75. The van der Waals surface area contributed by atoms with Crippen LogP contribution in [0.15, 0.2) is 37.0 Å². The molecule has 0 bridgehead atoms. The normalized spacial score (nSPS) is 15.0. The molecule has 0 radical (unpaired) electrons. The second-order valence-corrected chi connectivity index (χ2v) is 4.12. The summed E-state index contributed by atoms with van der Waals surface area (Å²) < 4.78 is 5.87. The number of pyridine rings is 1. The van der Waals surface area contributed by atoms with Gasteiger partial charge in [-0.2, -0.15) is 0 Å². The van der Waals surface area contributed by atoms with Gasteiger partial charge in [0.1, 0.15) is 11.3 Å². The van der Waals surface area contributed by atoms with Gasteiger partial charge in [-0.25, -0.2) is 0 Å². The summed E-state index contributed by atoms with van der Waals surface area (Å²) in [5, 5.41) is 1.11. The Balaban J connectivity index is 2.17. The summed E-state index contributed by atoms with van der Waals surface area (Å²) in [6.45, 7) is 3.80. The average molecular weight is 211 g/mol. The Morgan fingerprint density at radius 3 is 3.00 bits per heavy atom. The molecule has 2 heteroatoms. The molecule has 80 valence electrons. The van der Waals surface area contributed by atoms with Crippen molar-refractivity contribution in [3.63, 3.8) is 0 Å². The lowest BCUT2D eigenvalue weighted by molar-refractivity contribution is 0.306. The molecule has 0 aliphatic heterocycles. The van der Waals surface area contributed by atoms with Crippen molar-refractivity contribution in [2.24, 2.45) is 0 Å². The topological polar surface area (TPSA) is 22.1 Å². The summed E-state index contributed by atoms with van der Waals surface area (Å²) >= 11 is 0. The number of hydrogen-bond donors (Lipinski definition) is 0. The SMILES string of the molecule is C=Cc1cc(OC2CC2)c2ncccc2c1. The molecule has 1 aromatic heterocycles. The number of rotatable bonds is 3. The van der Waals surface area contributed by atoms with Crippen molar-refractivity contribution >= 4 is 17.0 Å². The molecule has 2 aromatic rings. The molecule has 1 heterocycles. The highest BCUT2D eigenvalue weighted by Crippen LogP contribution is 2.32. The number of hydrogen-bond acceptors (Lipinski definition) is 2. The molecule has 1 aliphatic rings. The smallest absolute Gasteiger partial charge is 0.146 e. The standard InChI is InChI=1S/C14H13NO/c1-2-10-8-11-4-3-7-15-14(11)13(9-10)16-12-5-6-12/h2-4,7-9,12H,1,5-6H2. The van der Waals surface area contributed by atoms with Crippen LogP contribution in [0.4, 0.5) is 0 Å². The minimum atomic E-state index is 0.394. The fourth-order valence-electron chi connectivity index (χ4n) is 1.75. The van der Waals surface area contributed by atoms with Crippen molar-refractivity contribution in [2.75, 3.05) is 0 Å². The summed E-state index contributed by atoms with van der Waals surface area (Å²) in [5.74, 6) is 0.885. The van der Waals surface area contributed by atoms with Crippen LogP contribution in [0.5, 0.6) is 5.75 Å². The molecule has 1 aliphatic carbocycles. The monoisotopic (exact) mass is 211 g/mol. The summed E-state index contributed by atoms with van der Waals surface area (Å²) in [7, 11) is 0. The van der Waals surface area contributed by atoms with Gasteiger partial charge < -0.3 is 4.74 Å². The minimum absolute atomic E-state index is 0.394. The average Bonchev–Trinajstić information content (AvgIpc) is 3.13. The molecule has 0 atom stereocenters. The molecule has 1 fully saturated rings. The third-order valence-corrected chi connectivity index (χ3v) is 2.75. The van der Waals surface area contributed by atoms with Gasteiger partial charge in [0.05, 0.1) is 6.10 Å². The zero-order chi connectivity index (χ0) is 11.0. The Kier molecular flexibility index (Phi) is 2.13. The maximum atomic E-state index is 5.87. The van der Waals surface area contributed by atoms with E-state index < -0.39 is 0 Å². The van der Waals surface area contributed by atoms with E-state index in [9.17, 15) is 0 Å². The first kappa shape index (κ1) is 9.40. The summed E-state index contributed by atoms with van der Waals surface area (Å²) in [6.07, 6.45) is 6.35. The lowest BCUT2D eigenvalue weighted by Gasteiger charge is -2.08. The molecule has 0 saturated heterocycles. The fourth-order valence-corrected chi connectivity index (χ4v) is 1.75. The van der Waals surface area contributed by atoms with Crippen LogP contribution in [-0.2, 0) is 0 Å². The molecule has 0 unspecified atom stereocenters. The van der Waals surface area contributed by atoms with E-state index in [0.717, 1.165) is 35.1 Å². The van der Waals surface area contributed by atoms with Crippen LogP contribution in [0.1, 0.15) is 18.4 Å². The number of nitrogens with zero attached hydrogens (tertiary/aromatic N) is 1. The van der Waals surface area contributed by atoms with Gasteiger partial charge >= 0.3 is 0 Å². The summed E-state index contributed by atoms with van der Waals surface area (Å²) in [4.78, 5) is 4.38. The Morgan fingerprint density at radius 2 is 2.25 bits per heavy atom. The van der Waals surface area contributed by atoms with Gasteiger partial charge in [-0.1, -0.05) is 18.7 Å². The van der Waals surface area contributed by atoms with Crippen LogP contribution in [0, 0.1) is 0 Å². The van der Waals surface area contributed by atoms with Crippen molar-refractivity contribution in [1.82, 2.24) is 4.98 Å². The fraction of sp³-hybridized carbons (Fsp3) is 0.214. The highest BCUT2D eigenvalue weighted by molar-refractivity contribution is 5.86. The number of fused-ring (bicyclic) bond motifs is 1. The van der Waals surface area contributed by atoms with Crippen LogP contribution in [0.25, 0.3) is 17.0 Å². The van der Waals surface area contributed by atoms with Gasteiger partial charge in [0.15, 0.2) is 0 Å². The summed E-state index contributed by atoms with van der Waals surface area (Å²) in [5.41, 5.74) is 2.02. The van der Waals surface area contributed by atoms with E-state index in [4.69, 9.17) is 4.74 Å². The van der Waals surface area contributed by atoms with Gasteiger partial charge in [-0.05, 0) is 36.6 Å². The van der Waals surface area contributed by atoms with Gasteiger partial charge in [0.2, 0.25) is 0 Å². The zero-order valence-corrected chi connectivity index (χ0v) is 9.02. The molecular weight excluding hydrogens is 198 g/mol. The lowest BCUT2D eigenvalue weighted by Crippen LogP contribution is -1.97. The zero-order valence-electron chi connectivity index (χ0n) is 9.02. The van der Waals surface area contributed by atoms with E-state index >= 15 is 0 Å². The van der Waals surface area contributed by atoms with Crippen molar-refractivity contribution in [2.45, 2.75) is 18.9 Å². The van der Waals surface area contributed by atoms with Crippen LogP contribution in [0.2, 0.25) is 0 Å². The van der Waals surface area contributed by atoms with Gasteiger partial charge in [-0.3, -0.25) is 4.98 Å². The molecular formula is C14H13NO. The second kappa shape index (κ2) is 3.63. The minimum Gasteiger partial charge on any atom is -0.488 e. The Morgan fingerprint density at radius 1 is 1.38 bits per heavy atom. The second-order valence-electron chi connectivity index (χ2n) is 4.12. The van der Waals surface area contributed by atoms with Crippen LogP contribution in [0.3, 0.4) is 0 Å². The highest BCUT2D eigenvalue weighted by atomic mass is 16.5. The Hall–Kier alpha value is -1.83. The molecule has 16 heavy (non-hydrogen) atoms. The molecule has 2 nitrogen and oxygen atoms in total. The predicted octanol–water partition coefficient (Wildman–Crippen LogP) is 3.42. The number of aromatic nitrogens is 1. The molecule has 0 N–H and O–H groups in total. The molecule has 1 aromatic carbocycles. The first-order valence-corrected chi connectivity index (χ1v) is 5.55. The Labute approximate surface area is 94.6 Å². The highest BCUT2D eigenvalue weighted by Gasteiger charge is 2.24. The van der Waals surface area contributed by atoms with Crippen molar-refractivity contribution in [3.8, 4) is 5.75 Å².